The summed E-state index contributed by atoms with van der Waals surface area (Å²) in [6.07, 6.45) is 3.98. The van der Waals surface area contributed by atoms with Gasteiger partial charge < -0.3 is 19.7 Å². The fourth-order valence-corrected chi connectivity index (χ4v) is 3.20. The van der Waals surface area contributed by atoms with E-state index in [9.17, 15) is 0 Å². The van der Waals surface area contributed by atoms with Crippen LogP contribution < -0.4 is 5.32 Å². The standard InChI is InChI=1S/C16H32N2O2/c1-15(2,3)17-11-16(7-10-20-13-16)12-18-8-5-14(19-4)6-9-18/h14,17H,5-13H2,1-4H3. The topological polar surface area (TPSA) is 33.7 Å². The first kappa shape index (κ1) is 16.2. The summed E-state index contributed by atoms with van der Waals surface area (Å²) in [5.41, 5.74) is 0.478. The van der Waals surface area contributed by atoms with E-state index < -0.39 is 0 Å². The minimum Gasteiger partial charge on any atom is -0.381 e. The summed E-state index contributed by atoms with van der Waals surface area (Å²) in [6.45, 7) is 13.1. The van der Waals surface area contributed by atoms with Gasteiger partial charge in [0.25, 0.3) is 0 Å². The van der Waals surface area contributed by atoms with Gasteiger partial charge in [-0.3, -0.25) is 0 Å². The number of piperidine rings is 1. The second kappa shape index (κ2) is 6.73. The summed E-state index contributed by atoms with van der Waals surface area (Å²) in [7, 11) is 1.83. The third-order valence-electron chi connectivity index (χ3n) is 4.61. The van der Waals surface area contributed by atoms with Crippen LogP contribution in [0.25, 0.3) is 0 Å². The van der Waals surface area contributed by atoms with Gasteiger partial charge in [0, 0.05) is 50.8 Å². The zero-order valence-corrected chi connectivity index (χ0v) is 13.7. The van der Waals surface area contributed by atoms with Gasteiger partial charge in [-0.15, -0.1) is 0 Å². The van der Waals surface area contributed by atoms with Crippen molar-refractivity contribution < 1.29 is 9.47 Å². The fourth-order valence-electron chi connectivity index (χ4n) is 3.20. The Labute approximate surface area is 124 Å². The molecule has 0 aliphatic carbocycles. The lowest BCUT2D eigenvalue weighted by atomic mass is 9.85. The number of methoxy groups -OCH3 is 1. The molecule has 2 fully saturated rings. The van der Waals surface area contributed by atoms with Gasteiger partial charge >= 0.3 is 0 Å². The smallest absolute Gasteiger partial charge is 0.0595 e. The van der Waals surface area contributed by atoms with Gasteiger partial charge in [-0.1, -0.05) is 0 Å². The maximum atomic E-state index is 5.72. The number of nitrogens with one attached hydrogen (secondary N) is 1. The average molecular weight is 284 g/mol. The molecule has 2 heterocycles. The molecule has 2 rings (SSSR count). The maximum absolute atomic E-state index is 5.72. The van der Waals surface area contributed by atoms with E-state index in [1.54, 1.807) is 0 Å². The molecule has 1 N–H and O–H groups in total. The highest BCUT2D eigenvalue weighted by Gasteiger charge is 2.38. The zero-order chi connectivity index (χ0) is 14.6. The Morgan fingerprint density at radius 2 is 2.00 bits per heavy atom. The van der Waals surface area contributed by atoms with E-state index in [-0.39, 0.29) is 5.54 Å². The number of likely N-dealkylation sites (tertiary alicyclic amines) is 1. The van der Waals surface area contributed by atoms with E-state index in [1.807, 2.05) is 7.11 Å². The third-order valence-corrected chi connectivity index (χ3v) is 4.61. The molecule has 2 aliphatic heterocycles. The van der Waals surface area contributed by atoms with Gasteiger partial charge in [0.05, 0.1) is 12.7 Å². The van der Waals surface area contributed by atoms with Crippen LogP contribution >= 0.6 is 0 Å². The summed E-state index contributed by atoms with van der Waals surface area (Å²) >= 11 is 0. The number of ether oxygens (including phenoxy) is 2. The van der Waals surface area contributed by atoms with Crippen LogP contribution in [0, 0.1) is 5.41 Å². The molecular weight excluding hydrogens is 252 g/mol. The number of hydrogen-bond donors (Lipinski definition) is 1. The molecule has 2 aliphatic rings. The Kier molecular flexibility index (Phi) is 5.46. The zero-order valence-electron chi connectivity index (χ0n) is 13.7. The molecule has 2 saturated heterocycles. The highest BCUT2D eigenvalue weighted by molar-refractivity contribution is 4.91. The van der Waals surface area contributed by atoms with Gasteiger partial charge in [0.15, 0.2) is 0 Å². The summed E-state index contributed by atoms with van der Waals surface area (Å²) in [6, 6.07) is 0. The second-order valence-electron chi connectivity index (χ2n) is 7.62. The predicted molar refractivity (Wildman–Crippen MR) is 82.1 cm³/mol. The van der Waals surface area contributed by atoms with Crippen molar-refractivity contribution in [3.63, 3.8) is 0 Å². The molecule has 0 spiro atoms. The van der Waals surface area contributed by atoms with E-state index in [0.717, 1.165) is 39.4 Å². The maximum Gasteiger partial charge on any atom is 0.0595 e. The van der Waals surface area contributed by atoms with Crippen molar-refractivity contribution in [1.82, 2.24) is 10.2 Å². The Balaban J connectivity index is 1.86. The molecule has 1 atom stereocenters. The lowest BCUT2D eigenvalue weighted by Gasteiger charge is -2.39. The van der Waals surface area contributed by atoms with Crippen molar-refractivity contribution in [1.29, 1.82) is 0 Å². The van der Waals surface area contributed by atoms with Crippen molar-refractivity contribution in [2.24, 2.45) is 5.41 Å². The van der Waals surface area contributed by atoms with Crippen LogP contribution in [0.3, 0.4) is 0 Å². The predicted octanol–water partition coefficient (Wildman–Crippen LogP) is 1.89. The van der Waals surface area contributed by atoms with Gasteiger partial charge in [-0.2, -0.15) is 0 Å². The van der Waals surface area contributed by atoms with Crippen LogP contribution in [0.15, 0.2) is 0 Å². The molecule has 0 saturated carbocycles. The van der Waals surface area contributed by atoms with Crippen LogP contribution in [-0.4, -0.2) is 63.0 Å². The summed E-state index contributed by atoms with van der Waals surface area (Å²) in [5, 5.41) is 3.68. The van der Waals surface area contributed by atoms with Crippen molar-refractivity contribution in [3.8, 4) is 0 Å². The Bertz CT molecular complexity index is 287. The minimum atomic E-state index is 0.179. The SMILES string of the molecule is COC1CCN(CC2(CNC(C)(C)C)CCOC2)CC1. The quantitative estimate of drug-likeness (QED) is 0.836. The largest absolute Gasteiger partial charge is 0.381 e. The molecule has 0 radical (unpaired) electrons. The van der Waals surface area contributed by atoms with E-state index in [2.05, 4.69) is 31.0 Å². The van der Waals surface area contributed by atoms with Crippen molar-refractivity contribution in [2.75, 3.05) is 46.5 Å². The van der Waals surface area contributed by atoms with Gasteiger partial charge in [-0.25, -0.2) is 0 Å². The molecule has 1 unspecified atom stereocenters. The van der Waals surface area contributed by atoms with E-state index in [0.29, 0.717) is 11.5 Å². The van der Waals surface area contributed by atoms with Crippen molar-refractivity contribution in [3.05, 3.63) is 0 Å². The molecule has 0 amide bonds. The third kappa shape index (κ3) is 4.69. The first-order valence-electron chi connectivity index (χ1n) is 8.00. The molecule has 4 heteroatoms. The Hall–Kier alpha value is -0.160. The van der Waals surface area contributed by atoms with E-state index in [1.165, 1.54) is 19.3 Å². The average Bonchev–Trinajstić information content (AvgIpc) is 2.86. The second-order valence-corrected chi connectivity index (χ2v) is 7.62. The molecular formula is C16H32N2O2. The Morgan fingerprint density at radius 3 is 2.50 bits per heavy atom. The van der Waals surface area contributed by atoms with Gasteiger partial charge in [0.1, 0.15) is 0 Å². The minimum absolute atomic E-state index is 0.179. The van der Waals surface area contributed by atoms with Crippen LogP contribution in [-0.2, 0) is 9.47 Å². The number of nitrogens with zero attached hydrogens (tertiary/aromatic N) is 1. The van der Waals surface area contributed by atoms with Gasteiger partial charge in [-0.05, 0) is 40.0 Å². The van der Waals surface area contributed by atoms with Crippen molar-refractivity contribution >= 4 is 0 Å². The molecule has 0 bridgehead atoms. The first-order chi connectivity index (χ1) is 9.42. The highest BCUT2D eigenvalue weighted by atomic mass is 16.5. The molecule has 0 aromatic carbocycles. The molecule has 20 heavy (non-hydrogen) atoms. The monoisotopic (exact) mass is 284 g/mol. The van der Waals surface area contributed by atoms with Crippen LogP contribution in [0.2, 0.25) is 0 Å². The summed E-state index contributed by atoms with van der Waals surface area (Å²) in [5.74, 6) is 0. The Morgan fingerprint density at radius 1 is 1.30 bits per heavy atom. The van der Waals surface area contributed by atoms with E-state index in [4.69, 9.17) is 9.47 Å². The van der Waals surface area contributed by atoms with Crippen LogP contribution in [0.4, 0.5) is 0 Å². The fraction of sp³-hybridized carbons (Fsp3) is 1.00. The first-order valence-corrected chi connectivity index (χ1v) is 8.00. The van der Waals surface area contributed by atoms with E-state index >= 15 is 0 Å². The lowest BCUT2D eigenvalue weighted by Crippen LogP contribution is -2.51. The van der Waals surface area contributed by atoms with Crippen LogP contribution in [0.1, 0.15) is 40.0 Å². The molecule has 4 nitrogen and oxygen atoms in total. The normalized spacial score (nSPS) is 30.0. The molecule has 0 aromatic heterocycles. The summed E-state index contributed by atoms with van der Waals surface area (Å²) in [4.78, 5) is 2.61. The van der Waals surface area contributed by atoms with Crippen molar-refractivity contribution in [2.45, 2.75) is 51.7 Å². The molecule has 118 valence electrons. The lowest BCUT2D eigenvalue weighted by molar-refractivity contribution is 0.0225. The highest BCUT2D eigenvalue weighted by Crippen LogP contribution is 2.31. The molecule has 0 aromatic rings. The van der Waals surface area contributed by atoms with Gasteiger partial charge in [0.2, 0.25) is 0 Å². The number of rotatable bonds is 5. The van der Waals surface area contributed by atoms with Crippen LogP contribution in [0.5, 0.6) is 0 Å². The number of hydrogen-bond acceptors (Lipinski definition) is 4. The summed E-state index contributed by atoms with van der Waals surface area (Å²) < 4.78 is 11.2.